The Morgan fingerprint density at radius 2 is 2.12 bits per heavy atom. The fourth-order valence-electron chi connectivity index (χ4n) is 1.84. The third kappa shape index (κ3) is 2.61. The number of hydrogen-bond acceptors (Lipinski definition) is 2. The number of nitrogens with zero attached hydrogens (tertiary/aromatic N) is 1. The van der Waals surface area contributed by atoms with Crippen LogP contribution in [0, 0.1) is 12.8 Å². The summed E-state index contributed by atoms with van der Waals surface area (Å²) in [7, 11) is 0. The SMILES string of the molecule is Cc1ccc2cc(CC(C)C(=O)O)ccc2n1. The fraction of sp³-hybridized carbons (Fsp3) is 0.286. The fourth-order valence-corrected chi connectivity index (χ4v) is 1.84. The van der Waals surface area contributed by atoms with Crippen molar-refractivity contribution >= 4 is 16.9 Å². The molecule has 1 aromatic heterocycles. The highest BCUT2D eigenvalue weighted by molar-refractivity contribution is 5.79. The topological polar surface area (TPSA) is 50.2 Å². The molecule has 0 fully saturated rings. The minimum Gasteiger partial charge on any atom is -0.481 e. The van der Waals surface area contributed by atoms with Gasteiger partial charge in [0.1, 0.15) is 0 Å². The highest BCUT2D eigenvalue weighted by atomic mass is 16.4. The van der Waals surface area contributed by atoms with Gasteiger partial charge in [0.2, 0.25) is 0 Å². The molecule has 88 valence electrons. The standard InChI is InChI=1S/C14H15NO2/c1-9(14(16)17)7-11-4-6-13-12(8-11)5-3-10(2)15-13/h3-6,8-9H,7H2,1-2H3,(H,16,17). The van der Waals surface area contributed by atoms with Crippen LogP contribution in [0.2, 0.25) is 0 Å². The first-order chi connectivity index (χ1) is 8.06. The molecular weight excluding hydrogens is 214 g/mol. The van der Waals surface area contributed by atoms with Crippen molar-refractivity contribution in [2.75, 3.05) is 0 Å². The molecule has 0 amide bonds. The number of aryl methyl sites for hydroxylation is 1. The van der Waals surface area contributed by atoms with Crippen LogP contribution < -0.4 is 0 Å². The van der Waals surface area contributed by atoms with Crippen molar-refractivity contribution < 1.29 is 9.90 Å². The molecular formula is C14H15NO2. The van der Waals surface area contributed by atoms with Crippen LogP contribution in [0.1, 0.15) is 18.2 Å². The highest BCUT2D eigenvalue weighted by Crippen LogP contribution is 2.17. The lowest BCUT2D eigenvalue weighted by molar-refractivity contribution is -0.141. The van der Waals surface area contributed by atoms with Crippen molar-refractivity contribution in [3.05, 3.63) is 41.6 Å². The second-order valence-electron chi connectivity index (χ2n) is 4.42. The summed E-state index contributed by atoms with van der Waals surface area (Å²) in [6.07, 6.45) is 0.555. The molecule has 1 unspecified atom stereocenters. The van der Waals surface area contributed by atoms with Crippen LogP contribution in [0.5, 0.6) is 0 Å². The normalized spacial score (nSPS) is 12.6. The predicted octanol–water partition coefficient (Wildman–Crippen LogP) is 2.81. The van der Waals surface area contributed by atoms with Crippen LogP contribution in [0.25, 0.3) is 10.9 Å². The number of aliphatic carboxylic acids is 1. The zero-order valence-electron chi connectivity index (χ0n) is 9.97. The van der Waals surface area contributed by atoms with Gasteiger partial charge < -0.3 is 5.11 Å². The molecule has 3 heteroatoms. The minimum absolute atomic E-state index is 0.356. The Balaban J connectivity index is 2.32. The lowest BCUT2D eigenvalue weighted by Crippen LogP contribution is -2.12. The van der Waals surface area contributed by atoms with Gasteiger partial charge >= 0.3 is 5.97 Å². The Labute approximate surface area is 100 Å². The quantitative estimate of drug-likeness (QED) is 0.880. The number of carboxylic acids is 1. The Morgan fingerprint density at radius 3 is 2.82 bits per heavy atom. The van der Waals surface area contributed by atoms with E-state index >= 15 is 0 Å². The molecule has 0 aliphatic carbocycles. The van der Waals surface area contributed by atoms with E-state index in [1.807, 2.05) is 37.3 Å². The van der Waals surface area contributed by atoms with Gasteiger partial charge in [0.05, 0.1) is 11.4 Å². The van der Waals surface area contributed by atoms with E-state index in [1.165, 1.54) is 0 Å². The third-order valence-corrected chi connectivity index (χ3v) is 2.86. The van der Waals surface area contributed by atoms with E-state index in [2.05, 4.69) is 4.98 Å². The number of fused-ring (bicyclic) bond motifs is 1. The van der Waals surface area contributed by atoms with Crippen molar-refractivity contribution in [1.82, 2.24) is 4.98 Å². The van der Waals surface area contributed by atoms with Crippen LogP contribution in [0.4, 0.5) is 0 Å². The molecule has 0 aliphatic heterocycles. The maximum Gasteiger partial charge on any atom is 0.306 e. The van der Waals surface area contributed by atoms with Gasteiger partial charge in [-0.3, -0.25) is 9.78 Å². The highest BCUT2D eigenvalue weighted by Gasteiger charge is 2.11. The van der Waals surface area contributed by atoms with Crippen molar-refractivity contribution in [3.8, 4) is 0 Å². The summed E-state index contributed by atoms with van der Waals surface area (Å²) in [6.45, 7) is 3.68. The largest absolute Gasteiger partial charge is 0.481 e. The first-order valence-corrected chi connectivity index (χ1v) is 5.65. The first-order valence-electron chi connectivity index (χ1n) is 5.65. The second-order valence-corrected chi connectivity index (χ2v) is 4.42. The Kier molecular flexibility index (Phi) is 3.09. The molecule has 0 saturated heterocycles. The van der Waals surface area contributed by atoms with E-state index in [0.29, 0.717) is 6.42 Å². The average molecular weight is 229 g/mol. The molecule has 1 N–H and O–H groups in total. The Hall–Kier alpha value is -1.90. The Bertz CT molecular complexity index is 563. The zero-order chi connectivity index (χ0) is 12.4. The van der Waals surface area contributed by atoms with Crippen LogP contribution in [-0.4, -0.2) is 16.1 Å². The monoisotopic (exact) mass is 229 g/mol. The molecule has 0 saturated carbocycles. The number of pyridine rings is 1. The zero-order valence-corrected chi connectivity index (χ0v) is 9.97. The maximum atomic E-state index is 10.8. The molecule has 2 aromatic rings. The van der Waals surface area contributed by atoms with Gasteiger partial charge in [0.15, 0.2) is 0 Å². The van der Waals surface area contributed by atoms with Gasteiger partial charge in [0, 0.05) is 11.1 Å². The third-order valence-electron chi connectivity index (χ3n) is 2.86. The molecule has 0 spiro atoms. The number of rotatable bonds is 3. The van der Waals surface area contributed by atoms with Crippen molar-refractivity contribution in [1.29, 1.82) is 0 Å². The van der Waals surface area contributed by atoms with Crippen molar-refractivity contribution in [2.24, 2.45) is 5.92 Å². The van der Waals surface area contributed by atoms with Crippen LogP contribution >= 0.6 is 0 Å². The summed E-state index contributed by atoms with van der Waals surface area (Å²) in [5.41, 5.74) is 2.99. The molecule has 3 nitrogen and oxygen atoms in total. The van der Waals surface area contributed by atoms with E-state index in [0.717, 1.165) is 22.2 Å². The first kappa shape index (κ1) is 11.6. The molecule has 17 heavy (non-hydrogen) atoms. The van der Waals surface area contributed by atoms with Crippen LogP contribution in [-0.2, 0) is 11.2 Å². The smallest absolute Gasteiger partial charge is 0.306 e. The Morgan fingerprint density at radius 1 is 1.35 bits per heavy atom. The van der Waals surface area contributed by atoms with Gasteiger partial charge in [-0.1, -0.05) is 19.1 Å². The number of carboxylic acid groups (broad SMARTS) is 1. The molecule has 1 aromatic carbocycles. The van der Waals surface area contributed by atoms with E-state index in [1.54, 1.807) is 6.92 Å². The second kappa shape index (κ2) is 4.53. The van der Waals surface area contributed by atoms with Gasteiger partial charge in [-0.2, -0.15) is 0 Å². The summed E-state index contributed by atoms with van der Waals surface area (Å²) in [6, 6.07) is 9.90. The predicted molar refractivity (Wildman–Crippen MR) is 67.0 cm³/mol. The molecule has 1 atom stereocenters. The van der Waals surface area contributed by atoms with E-state index in [9.17, 15) is 4.79 Å². The lowest BCUT2D eigenvalue weighted by atomic mass is 10.00. The minimum atomic E-state index is -0.757. The van der Waals surface area contributed by atoms with E-state index < -0.39 is 5.97 Å². The molecule has 1 heterocycles. The average Bonchev–Trinajstić information content (AvgIpc) is 2.29. The van der Waals surface area contributed by atoms with Crippen molar-refractivity contribution in [3.63, 3.8) is 0 Å². The summed E-state index contributed by atoms with van der Waals surface area (Å²) < 4.78 is 0. The summed E-state index contributed by atoms with van der Waals surface area (Å²) in [5.74, 6) is -1.11. The van der Waals surface area contributed by atoms with Gasteiger partial charge in [-0.05, 0) is 37.1 Å². The number of carbonyl (C=O) groups is 1. The number of hydrogen-bond donors (Lipinski definition) is 1. The molecule has 2 rings (SSSR count). The van der Waals surface area contributed by atoms with Crippen LogP contribution in [0.15, 0.2) is 30.3 Å². The number of aromatic nitrogens is 1. The van der Waals surface area contributed by atoms with Crippen LogP contribution in [0.3, 0.4) is 0 Å². The summed E-state index contributed by atoms with van der Waals surface area (Å²) >= 11 is 0. The lowest BCUT2D eigenvalue weighted by Gasteiger charge is -2.07. The van der Waals surface area contributed by atoms with Gasteiger partial charge in [0.25, 0.3) is 0 Å². The van der Waals surface area contributed by atoms with Gasteiger partial charge in [-0.15, -0.1) is 0 Å². The molecule has 0 aliphatic rings. The summed E-state index contributed by atoms with van der Waals surface area (Å²) in [5, 5.41) is 9.94. The molecule has 0 bridgehead atoms. The maximum absolute atomic E-state index is 10.8. The van der Waals surface area contributed by atoms with Gasteiger partial charge in [-0.25, -0.2) is 0 Å². The molecule has 0 radical (unpaired) electrons. The number of benzene rings is 1. The van der Waals surface area contributed by atoms with E-state index in [4.69, 9.17) is 5.11 Å². The van der Waals surface area contributed by atoms with Crippen molar-refractivity contribution in [2.45, 2.75) is 20.3 Å². The van der Waals surface area contributed by atoms with E-state index in [-0.39, 0.29) is 5.92 Å². The summed E-state index contributed by atoms with van der Waals surface area (Å²) in [4.78, 5) is 15.2.